The van der Waals surface area contributed by atoms with E-state index in [-0.39, 0.29) is 23.9 Å². The van der Waals surface area contributed by atoms with Crippen molar-refractivity contribution in [2.75, 3.05) is 18.4 Å². The summed E-state index contributed by atoms with van der Waals surface area (Å²) in [5.41, 5.74) is 5.42. The summed E-state index contributed by atoms with van der Waals surface area (Å²) in [6.45, 7) is 4.31. The second kappa shape index (κ2) is 9.00. The third-order valence-corrected chi connectivity index (χ3v) is 7.30. The SMILES string of the molecule is C[C@H](c1ccc(Nc2ccc(-c3cnc4cc(F)ccn34)c3c2C(=O)NC3)nc1)N1CCC(O)CC1. The Morgan fingerprint density at radius 1 is 1.14 bits per heavy atom. The number of pyridine rings is 2. The Morgan fingerprint density at radius 2 is 1.97 bits per heavy atom. The van der Waals surface area contributed by atoms with Crippen molar-refractivity contribution in [3.8, 4) is 11.3 Å². The van der Waals surface area contributed by atoms with Crippen LogP contribution in [0.3, 0.4) is 0 Å². The normalized spacial score (nSPS) is 17.2. The van der Waals surface area contributed by atoms with Crippen molar-refractivity contribution < 1.29 is 14.3 Å². The first-order valence-corrected chi connectivity index (χ1v) is 12.2. The molecule has 1 aromatic carbocycles. The third-order valence-electron chi connectivity index (χ3n) is 7.30. The van der Waals surface area contributed by atoms with E-state index in [2.05, 4.69) is 38.5 Å². The quantitative estimate of drug-likeness (QED) is 0.394. The van der Waals surface area contributed by atoms with Crippen LogP contribution in [0.1, 0.15) is 47.3 Å². The fourth-order valence-corrected chi connectivity index (χ4v) is 5.20. The molecule has 3 N–H and O–H groups in total. The molecule has 1 fully saturated rings. The van der Waals surface area contributed by atoms with Gasteiger partial charge in [-0.1, -0.05) is 12.1 Å². The van der Waals surface area contributed by atoms with Gasteiger partial charge in [-0.15, -0.1) is 0 Å². The number of aliphatic hydroxyl groups excluding tert-OH is 1. The molecule has 1 saturated heterocycles. The Morgan fingerprint density at radius 3 is 2.75 bits per heavy atom. The highest BCUT2D eigenvalue weighted by Gasteiger charge is 2.27. The summed E-state index contributed by atoms with van der Waals surface area (Å²) in [5.74, 6) is 0.163. The molecule has 0 aliphatic carbocycles. The second-order valence-corrected chi connectivity index (χ2v) is 9.46. The number of carbonyl (C=O) groups excluding carboxylic acids is 1. The van der Waals surface area contributed by atoms with Crippen LogP contribution in [0, 0.1) is 5.82 Å². The molecular weight excluding hydrogens is 459 g/mol. The predicted molar refractivity (Wildman–Crippen MR) is 135 cm³/mol. The minimum absolute atomic E-state index is 0.147. The van der Waals surface area contributed by atoms with Gasteiger partial charge in [-0.05, 0) is 49.1 Å². The zero-order valence-electron chi connectivity index (χ0n) is 19.9. The van der Waals surface area contributed by atoms with Crippen LogP contribution >= 0.6 is 0 Å². The molecule has 3 aromatic heterocycles. The number of hydrogen-bond acceptors (Lipinski definition) is 6. The molecule has 2 aliphatic rings. The first kappa shape index (κ1) is 22.6. The average molecular weight is 487 g/mol. The van der Waals surface area contributed by atoms with Crippen LogP contribution in [-0.4, -0.2) is 49.5 Å². The average Bonchev–Trinajstić information content (AvgIpc) is 3.48. The van der Waals surface area contributed by atoms with Crippen molar-refractivity contribution in [2.45, 2.75) is 38.5 Å². The van der Waals surface area contributed by atoms with E-state index in [4.69, 9.17) is 0 Å². The fourth-order valence-electron chi connectivity index (χ4n) is 5.20. The summed E-state index contributed by atoms with van der Waals surface area (Å²) in [4.78, 5) is 24.1. The number of likely N-dealkylation sites (tertiary alicyclic amines) is 1. The molecule has 1 atom stereocenters. The molecule has 8 nitrogen and oxygen atoms in total. The largest absolute Gasteiger partial charge is 0.393 e. The molecule has 0 radical (unpaired) electrons. The number of amides is 1. The summed E-state index contributed by atoms with van der Waals surface area (Å²) in [7, 11) is 0. The van der Waals surface area contributed by atoms with Crippen molar-refractivity contribution in [1.29, 1.82) is 0 Å². The number of piperidine rings is 1. The second-order valence-electron chi connectivity index (χ2n) is 9.46. The Kier molecular flexibility index (Phi) is 5.66. The Balaban J connectivity index is 1.27. The van der Waals surface area contributed by atoms with Crippen LogP contribution in [0.25, 0.3) is 16.9 Å². The maximum Gasteiger partial charge on any atom is 0.254 e. The van der Waals surface area contributed by atoms with Crippen molar-refractivity contribution in [2.24, 2.45) is 0 Å². The van der Waals surface area contributed by atoms with Crippen molar-refractivity contribution in [1.82, 2.24) is 24.6 Å². The number of carbonyl (C=O) groups is 1. The minimum atomic E-state index is -0.344. The number of halogens is 1. The topological polar surface area (TPSA) is 94.8 Å². The van der Waals surface area contributed by atoms with E-state index in [1.54, 1.807) is 12.4 Å². The third kappa shape index (κ3) is 4.00. The standard InChI is InChI=1S/C27H27FN6O2/c1-16(33-9-7-19(35)8-10-33)17-2-5-24(29-13-17)32-22-4-3-20(21-14-31-27(36)26(21)22)23-15-30-25-12-18(28)6-11-34(23)25/h2-6,11-13,15-16,19,35H,7-10,14H2,1H3,(H,29,32)(H,31,36)/t16-/m1/s1. The molecular formula is C27H27FN6O2. The molecule has 5 heterocycles. The Bertz CT molecular complexity index is 1440. The van der Waals surface area contributed by atoms with E-state index in [0.717, 1.165) is 48.3 Å². The number of aliphatic hydroxyl groups is 1. The van der Waals surface area contributed by atoms with Gasteiger partial charge >= 0.3 is 0 Å². The first-order chi connectivity index (χ1) is 17.5. The molecule has 9 heteroatoms. The van der Waals surface area contributed by atoms with Gasteiger partial charge < -0.3 is 15.7 Å². The molecule has 2 aliphatic heterocycles. The zero-order valence-corrected chi connectivity index (χ0v) is 19.9. The minimum Gasteiger partial charge on any atom is -0.393 e. The number of imidazole rings is 1. The Labute approximate surface area is 207 Å². The summed E-state index contributed by atoms with van der Waals surface area (Å²) < 4.78 is 15.4. The van der Waals surface area contributed by atoms with Crippen LogP contribution in [0.2, 0.25) is 0 Å². The van der Waals surface area contributed by atoms with Crippen LogP contribution in [0.15, 0.2) is 55.0 Å². The number of fused-ring (bicyclic) bond motifs is 2. The Hall–Kier alpha value is -3.82. The van der Waals surface area contributed by atoms with Gasteiger partial charge in [0.15, 0.2) is 0 Å². The highest BCUT2D eigenvalue weighted by Crippen LogP contribution is 2.35. The molecule has 0 bridgehead atoms. The summed E-state index contributed by atoms with van der Waals surface area (Å²) in [6.07, 6.45) is 6.61. The van der Waals surface area contributed by atoms with Gasteiger partial charge in [0.05, 0.1) is 29.2 Å². The molecule has 36 heavy (non-hydrogen) atoms. The number of anilines is 2. The van der Waals surface area contributed by atoms with Gasteiger partial charge in [0.1, 0.15) is 17.3 Å². The van der Waals surface area contributed by atoms with E-state index >= 15 is 0 Å². The van der Waals surface area contributed by atoms with Gasteiger partial charge in [0, 0.05) is 49.7 Å². The van der Waals surface area contributed by atoms with Gasteiger partial charge in [-0.3, -0.25) is 14.1 Å². The van der Waals surface area contributed by atoms with Crippen LogP contribution in [0.5, 0.6) is 0 Å². The van der Waals surface area contributed by atoms with Crippen LogP contribution in [-0.2, 0) is 6.54 Å². The van der Waals surface area contributed by atoms with E-state index < -0.39 is 0 Å². The lowest BCUT2D eigenvalue weighted by Gasteiger charge is -2.34. The molecule has 0 spiro atoms. The number of aromatic nitrogens is 3. The molecule has 0 unspecified atom stereocenters. The maximum absolute atomic E-state index is 13.6. The monoisotopic (exact) mass is 486 g/mol. The number of nitrogens with one attached hydrogen (secondary N) is 2. The van der Waals surface area contributed by atoms with Gasteiger partial charge in [0.25, 0.3) is 5.91 Å². The van der Waals surface area contributed by atoms with Gasteiger partial charge in [-0.2, -0.15) is 0 Å². The van der Waals surface area contributed by atoms with Crippen molar-refractivity contribution in [3.05, 3.63) is 77.5 Å². The highest BCUT2D eigenvalue weighted by atomic mass is 19.1. The van der Waals surface area contributed by atoms with Crippen LogP contribution in [0.4, 0.5) is 15.9 Å². The highest BCUT2D eigenvalue weighted by molar-refractivity contribution is 6.06. The van der Waals surface area contributed by atoms with Crippen molar-refractivity contribution >= 4 is 23.1 Å². The molecule has 0 saturated carbocycles. The van der Waals surface area contributed by atoms with Gasteiger partial charge in [-0.25, -0.2) is 14.4 Å². The zero-order chi connectivity index (χ0) is 24.8. The van der Waals surface area contributed by atoms with E-state index in [1.807, 2.05) is 28.8 Å². The molecule has 4 aromatic rings. The van der Waals surface area contributed by atoms with E-state index in [0.29, 0.717) is 29.3 Å². The van der Waals surface area contributed by atoms with Crippen LogP contribution < -0.4 is 10.6 Å². The number of nitrogens with zero attached hydrogens (tertiary/aromatic N) is 4. The van der Waals surface area contributed by atoms with E-state index in [1.165, 1.54) is 12.1 Å². The molecule has 6 rings (SSSR count). The molecule has 1 amide bonds. The lowest BCUT2D eigenvalue weighted by molar-refractivity contribution is 0.0644. The lowest BCUT2D eigenvalue weighted by Crippen LogP contribution is -2.37. The van der Waals surface area contributed by atoms with E-state index in [9.17, 15) is 14.3 Å². The summed E-state index contributed by atoms with van der Waals surface area (Å²) in [5, 5.41) is 16.0. The predicted octanol–water partition coefficient (Wildman–Crippen LogP) is 4.04. The number of rotatable bonds is 5. The van der Waals surface area contributed by atoms with Crippen molar-refractivity contribution in [3.63, 3.8) is 0 Å². The summed E-state index contributed by atoms with van der Waals surface area (Å²) in [6, 6.07) is 10.8. The maximum atomic E-state index is 13.6. The lowest BCUT2D eigenvalue weighted by atomic mass is 9.99. The fraction of sp³-hybridized carbons (Fsp3) is 0.296. The summed E-state index contributed by atoms with van der Waals surface area (Å²) >= 11 is 0. The smallest absolute Gasteiger partial charge is 0.254 e. The molecule has 184 valence electrons. The van der Waals surface area contributed by atoms with Gasteiger partial charge in [0.2, 0.25) is 0 Å². The number of hydrogen-bond donors (Lipinski definition) is 3. The first-order valence-electron chi connectivity index (χ1n) is 12.2. The number of benzene rings is 1.